The van der Waals surface area contributed by atoms with Crippen LogP contribution in [0, 0.1) is 13.3 Å². The Hall–Kier alpha value is -5.36. The molecule has 246 valence electrons. The summed E-state index contributed by atoms with van der Waals surface area (Å²) in [5.41, 5.74) is 9.05. The van der Waals surface area contributed by atoms with Crippen molar-refractivity contribution in [3.63, 3.8) is 0 Å². The molecule has 49 heavy (non-hydrogen) atoms. The van der Waals surface area contributed by atoms with E-state index in [1.165, 1.54) is 32.7 Å². The summed E-state index contributed by atoms with van der Waals surface area (Å²) < 4.78 is 0. The molecule has 6 aromatic rings. The molecule has 0 N–H and O–H groups in total. The standard InChI is InChI=1S/C36H26N4.2C2H4O2.Pd/c1-37-23-39(31-17-9-7-15-29(31)37)33-21-19-25-11-3-5-13-27(25)35(33)36-28-14-6-4-12-26(28)20-22-34(36)40-24-38(2)30-16-8-10-18-32(30)40;2*1-2(3)4;/h3-22H,1-2H3;2*1H3,(H,3,4);/q;;;+2/p-2. The molecule has 0 unspecified atom stereocenters. The number of para-hydroxylation sites is 4. The van der Waals surface area contributed by atoms with Gasteiger partial charge in [0.15, 0.2) is 0 Å². The number of carboxylic acid groups (broad SMARTS) is 2. The van der Waals surface area contributed by atoms with Gasteiger partial charge in [0.1, 0.15) is 0 Å². The molecule has 6 aromatic carbocycles. The first-order valence-corrected chi connectivity index (χ1v) is 15.3. The van der Waals surface area contributed by atoms with Crippen LogP contribution in [0.5, 0.6) is 0 Å². The molecule has 4 radical (unpaired) electrons. The van der Waals surface area contributed by atoms with Gasteiger partial charge in [-0.2, -0.15) is 0 Å². The molecule has 0 amide bonds. The number of carbonyl (C=O) groups is 2. The molecule has 2 aliphatic rings. The topological polar surface area (TPSA) is 93.2 Å². The van der Waals surface area contributed by atoms with E-state index in [0.29, 0.717) is 0 Å². The molecule has 8 rings (SSSR count). The maximum Gasteiger partial charge on any atom is 2.00 e. The Labute approximate surface area is 300 Å². The van der Waals surface area contributed by atoms with Crippen LogP contribution in [0.15, 0.2) is 121 Å². The third-order valence-electron chi connectivity index (χ3n) is 8.01. The van der Waals surface area contributed by atoms with Crippen LogP contribution in [0.2, 0.25) is 0 Å². The molecule has 2 aliphatic heterocycles. The van der Waals surface area contributed by atoms with Gasteiger partial charge in [0.2, 0.25) is 13.3 Å². The van der Waals surface area contributed by atoms with Gasteiger partial charge in [-0.05, 0) is 71.8 Å². The Kier molecular flexibility index (Phi) is 10.6. The van der Waals surface area contributed by atoms with Crippen LogP contribution in [0.25, 0.3) is 32.7 Å². The average Bonchev–Trinajstić information content (AvgIpc) is 3.59. The van der Waals surface area contributed by atoms with Crippen LogP contribution in [0.1, 0.15) is 13.8 Å². The molecule has 0 fully saturated rings. The smallest absolute Gasteiger partial charge is 0.550 e. The molecule has 0 atom stereocenters. The number of aliphatic carboxylic acids is 2. The number of hydrogen-bond acceptors (Lipinski definition) is 8. The van der Waals surface area contributed by atoms with E-state index in [0.717, 1.165) is 48.0 Å². The molecule has 0 saturated heterocycles. The first kappa shape index (κ1) is 35.0. The zero-order chi connectivity index (χ0) is 33.9. The minimum atomic E-state index is -1.08. The van der Waals surface area contributed by atoms with Gasteiger partial charge in [0, 0.05) is 37.2 Å². The zero-order valence-corrected chi connectivity index (χ0v) is 28.8. The normalized spacial score (nSPS) is 12.7. The Bertz CT molecular complexity index is 1990. The summed E-state index contributed by atoms with van der Waals surface area (Å²) in [4.78, 5) is 26.3. The quantitative estimate of drug-likeness (QED) is 0.195. The summed E-state index contributed by atoms with van der Waals surface area (Å²) in [6, 6.07) is 43.3. The van der Waals surface area contributed by atoms with Gasteiger partial charge in [0.05, 0.1) is 34.1 Å². The number of hydrogen-bond donors (Lipinski definition) is 0. The Morgan fingerprint density at radius 1 is 0.469 bits per heavy atom. The van der Waals surface area contributed by atoms with Gasteiger partial charge >= 0.3 is 20.4 Å². The van der Waals surface area contributed by atoms with Gasteiger partial charge in [-0.25, -0.2) is 0 Å². The molecule has 9 heteroatoms. The minimum absolute atomic E-state index is 0. The van der Waals surface area contributed by atoms with Crippen molar-refractivity contribution >= 4 is 67.6 Å². The SMILES string of the molecule is CC(=O)[O-].CC(=O)[O-].CN1[C]N(c2ccc3ccccc3c2-c2c(N3[C]N(C)c4ccccc43)ccc3ccccc23)c2ccccc21.[Pd+2]. The summed E-state index contributed by atoms with van der Waals surface area (Å²) in [7, 11) is 4.12. The fourth-order valence-electron chi connectivity index (χ4n) is 6.17. The van der Waals surface area contributed by atoms with Crippen LogP contribution in [-0.2, 0) is 30.0 Å². The fraction of sp³-hybridized carbons (Fsp3) is 0.100. The van der Waals surface area contributed by atoms with Crippen LogP contribution >= 0.6 is 0 Å². The molecular weight excluding hydrogens is 707 g/mol. The van der Waals surface area contributed by atoms with Crippen molar-refractivity contribution in [1.29, 1.82) is 0 Å². The zero-order valence-electron chi connectivity index (χ0n) is 27.3. The van der Waals surface area contributed by atoms with Gasteiger partial charge in [-0.3, -0.25) is 0 Å². The van der Waals surface area contributed by atoms with Crippen molar-refractivity contribution in [1.82, 2.24) is 0 Å². The number of anilines is 6. The van der Waals surface area contributed by atoms with E-state index in [-0.39, 0.29) is 20.4 Å². The van der Waals surface area contributed by atoms with Crippen LogP contribution in [0.4, 0.5) is 34.1 Å². The Balaban J connectivity index is 0.000000473. The largest absolute Gasteiger partial charge is 2.00 e. The molecule has 0 aromatic heterocycles. The van der Waals surface area contributed by atoms with E-state index in [2.05, 4.69) is 168 Å². The van der Waals surface area contributed by atoms with Gasteiger partial charge < -0.3 is 39.4 Å². The monoisotopic (exact) mass is 738 g/mol. The maximum atomic E-state index is 8.89. The second kappa shape index (κ2) is 14.8. The van der Waals surface area contributed by atoms with Crippen LogP contribution < -0.4 is 29.8 Å². The van der Waals surface area contributed by atoms with Crippen molar-refractivity contribution in [3.05, 3.63) is 135 Å². The van der Waals surface area contributed by atoms with Crippen molar-refractivity contribution in [2.45, 2.75) is 13.8 Å². The predicted molar refractivity (Wildman–Crippen MR) is 189 cm³/mol. The van der Waals surface area contributed by atoms with Gasteiger partial charge in [-0.1, -0.05) is 84.9 Å². The fourth-order valence-corrected chi connectivity index (χ4v) is 6.17. The number of fused-ring (bicyclic) bond motifs is 4. The van der Waals surface area contributed by atoms with Gasteiger partial charge in [0.25, 0.3) is 0 Å². The van der Waals surface area contributed by atoms with E-state index in [9.17, 15) is 0 Å². The first-order valence-electron chi connectivity index (χ1n) is 15.3. The summed E-state index contributed by atoms with van der Waals surface area (Å²) >= 11 is 0. The summed E-state index contributed by atoms with van der Waals surface area (Å²) in [6.07, 6.45) is 0. The molecule has 2 heterocycles. The van der Waals surface area contributed by atoms with Crippen molar-refractivity contribution < 1.29 is 40.2 Å². The number of rotatable bonds is 3. The summed E-state index contributed by atoms with van der Waals surface area (Å²) in [6.45, 7) is 9.14. The molecule has 0 saturated carbocycles. The number of benzene rings is 6. The molecule has 0 spiro atoms. The van der Waals surface area contributed by atoms with Crippen molar-refractivity contribution in [2.24, 2.45) is 0 Å². The maximum absolute atomic E-state index is 8.89. The Morgan fingerprint density at radius 3 is 1.14 bits per heavy atom. The second-order valence-corrected chi connectivity index (χ2v) is 11.3. The van der Waals surface area contributed by atoms with Gasteiger partial charge in [-0.15, -0.1) is 0 Å². The predicted octanol–water partition coefficient (Wildman–Crippen LogP) is 6.34. The number of carbonyl (C=O) groups excluding carboxylic acids is 2. The molecule has 0 bridgehead atoms. The van der Waals surface area contributed by atoms with E-state index in [1.807, 2.05) is 0 Å². The summed E-state index contributed by atoms with van der Waals surface area (Å²) in [5, 5.41) is 22.6. The molecule has 0 aliphatic carbocycles. The summed E-state index contributed by atoms with van der Waals surface area (Å²) in [5.74, 6) is -2.17. The molecule has 8 nitrogen and oxygen atoms in total. The first-order chi connectivity index (χ1) is 23.2. The third kappa shape index (κ3) is 6.95. The second-order valence-electron chi connectivity index (χ2n) is 11.3. The van der Waals surface area contributed by atoms with E-state index in [1.54, 1.807) is 0 Å². The van der Waals surface area contributed by atoms with Crippen LogP contribution in [0.3, 0.4) is 0 Å². The van der Waals surface area contributed by atoms with E-state index < -0.39 is 11.9 Å². The van der Waals surface area contributed by atoms with Crippen molar-refractivity contribution in [2.75, 3.05) is 33.7 Å². The number of nitrogens with zero attached hydrogens (tertiary/aromatic N) is 4. The van der Waals surface area contributed by atoms with Crippen molar-refractivity contribution in [3.8, 4) is 11.1 Å². The van der Waals surface area contributed by atoms with E-state index >= 15 is 0 Å². The number of carboxylic acids is 2. The third-order valence-corrected chi connectivity index (χ3v) is 8.01. The average molecular weight is 739 g/mol. The Morgan fingerprint density at radius 2 is 0.776 bits per heavy atom. The van der Waals surface area contributed by atoms with E-state index in [4.69, 9.17) is 19.8 Å². The molecular formula is C40H32N4O4Pd. The van der Waals surface area contributed by atoms with Crippen LogP contribution in [-0.4, -0.2) is 26.0 Å². The minimum Gasteiger partial charge on any atom is -0.550 e.